The van der Waals surface area contributed by atoms with E-state index < -0.39 is 17.8 Å². The number of hydrogen-bond donors (Lipinski definition) is 2. The minimum Gasteiger partial charge on any atom is -0.494 e. The number of anilines is 6. The summed E-state index contributed by atoms with van der Waals surface area (Å²) in [6, 6.07) is 7.50. The molecule has 0 saturated carbocycles. The number of aromatic nitrogens is 2. The van der Waals surface area contributed by atoms with Crippen LogP contribution >= 0.6 is 0 Å². The first kappa shape index (κ1) is 32.5. The van der Waals surface area contributed by atoms with E-state index in [1.807, 2.05) is 27.0 Å². The van der Waals surface area contributed by atoms with E-state index >= 15 is 0 Å². The standard InChI is InChI=1S/C32H37F3N8O3/c1-7-28(44)37-24-14-25(27(46-6)15-26(24)41(5)23-12-13-40(4)18-23)38-30-36-16-20-17-42(19(2)3)31(45)43(29(20)39-30)22-10-8-21(9-11-22)32(33,34)35/h7-11,14-16,19,23H,1,12-13,17-18H2,2-6H3,(H,37,44)(H,36,38,39). The van der Waals surface area contributed by atoms with Crippen LogP contribution < -0.4 is 25.2 Å². The zero-order chi connectivity index (χ0) is 33.3. The quantitative estimate of drug-likeness (QED) is 0.275. The van der Waals surface area contributed by atoms with Crippen molar-refractivity contribution in [2.24, 2.45) is 0 Å². The molecule has 1 unspecified atom stereocenters. The minimum atomic E-state index is -4.52. The van der Waals surface area contributed by atoms with Gasteiger partial charge in [0.25, 0.3) is 0 Å². The third kappa shape index (κ3) is 6.57. The SMILES string of the molecule is C=CC(=O)Nc1cc(Nc2ncc3c(n2)N(c2ccc(C(F)(F)F)cc2)C(=O)N(C(C)C)C3)c(OC)cc1N(C)C1CCN(C)C1. The fourth-order valence-electron chi connectivity index (χ4n) is 5.63. The molecule has 1 fully saturated rings. The molecule has 3 amide bonds. The molecule has 0 radical (unpaired) electrons. The van der Waals surface area contributed by atoms with Crippen LogP contribution in [0.5, 0.6) is 5.75 Å². The summed E-state index contributed by atoms with van der Waals surface area (Å²) in [5.41, 5.74) is 1.71. The molecule has 1 saturated heterocycles. The second-order valence-corrected chi connectivity index (χ2v) is 11.6. The van der Waals surface area contributed by atoms with Gasteiger partial charge in [-0.2, -0.15) is 18.2 Å². The molecule has 14 heteroatoms. The van der Waals surface area contributed by atoms with E-state index in [0.29, 0.717) is 22.7 Å². The summed E-state index contributed by atoms with van der Waals surface area (Å²) in [5, 5.41) is 6.03. The number of nitrogens with one attached hydrogen (secondary N) is 2. The third-order valence-electron chi connectivity index (χ3n) is 8.21. The van der Waals surface area contributed by atoms with Crippen molar-refractivity contribution in [1.82, 2.24) is 19.8 Å². The summed E-state index contributed by atoms with van der Waals surface area (Å²) in [7, 11) is 5.55. The minimum absolute atomic E-state index is 0.110. The number of methoxy groups -OCH3 is 1. The molecule has 2 aromatic carbocycles. The number of carbonyl (C=O) groups is 2. The molecular formula is C32H37F3N8O3. The molecule has 1 atom stereocenters. The van der Waals surface area contributed by atoms with Crippen molar-refractivity contribution in [3.63, 3.8) is 0 Å². The van der Waals surface area contributed by atoms with Gasteiger partial charge in [0.1, 0.15) is 5.75 Å². The van der Waals surface area contributed by atoms with Crippen LogP contribution in [0.25, 0.3) is 0 Å². The lowest BCUT2D eigenvalue weighted by molar-refractivity contribution is -0.137. The Hall–Kier alpha value is -4.85. The van der Waals surface area contributed by atoms with E-state index in [0.717, 1.165) is 37.3 Å². The molecule has 2 N–H and O–H groups in total. The van der Waals surface area contributed by atoms with E-state index in [-0.39, 0.29) is 42.0 Å². The van der Waals surface area contributed by atoms with Gasteiger partial charge in [-0.3, -0.25) is 4.79 Å². The number of ether oxygens (including phenoxy) is 1. The Morgan fingerprint density at radius 1 is 1.20 bits per heavy atom. The highest BCUT2D eigenvalue weighted by atomic mass is 19.4. The van der Waals surface area contributed by atoms with Gasteiger partial charge in [0.15, 0.2) is 5.82 Å². The maximum absolute atomic E-state index is 13.7. The number of amides is 3. The van der Waals surface area contributed by atoms with Gasteiger partial charge in [0, 0.05) is 43.5 Å². The van der Waals surface area contributed by atoms with Gasteiger partial charge >= 0.3 is 12.2 Å². The van der Waals surface area contributed by atoms with Gasteiger partial charge in [-0.1, -0.05) is 6.58 Å². The summed E-state index contributed by atoms with van der Waals surface area (Å²) in [4.78, 5) is 42.4. The number of rotatable bonds is 9. The van der Waals surface area contributed by atoms with Crippen LogP contribution in [0, 0.1) is 0 Å². The van der Waals surface area contributed by atoms with Crippen LogP contribution in [0.15, 0.2) is 55.3 Å². The Kier molecular flexibility index (Phi) is 9.10. The van der Waals surface area contributed by atoms with Gasteiger partial charge in [-0.15, -0.1) is 0 Å². The number of carbonyl (C=O) groups excluding carboxylic acids is 2. The number of fused-ring (bicyclic) bond motifs is 1. The summed E-state index contributed by atoms with van der Waals surface area (Å²) >= 11 is 0. The highest BCUT2D eigenvalue weighted by Gasteiger charge is 2.36. The molecule has 0 bridgehead atoms. The lowest BCUT2D eigenvalue weighted by Gasteiger charge is -2.38. The van der Waals surface area contributed by atoms with Crippen LogP contribution in [0.1, 0.15) is 31.4 Å². The van der Waals surface area contributed by atoms with Gasteiger partial charge < -0.3 is 30.1 Å². The number of nitrogens with zero attached hydrogens (tertiary/aromatic N) is 6. The maximum Gasteiger partial charge on any atom is 0.416 e. The first-order valence-corrected chi connectivity index (χ1v) is 14.8. The van der Waals surface area contributed by atoms with E-state index in [2.05, 4.69) is 44.0 Å². The van der Waals surface area contributed by atoms with E-state index in [1.54, 1.807) is 17.2 Å². The second kappa shape index (κ2) is 12.9. The molecular weight excluding hydrogens is 601 g/mol. The Labute approximate surface area is 265 Å². The zero-order valence-electron chi connectivity index (χ0n) is 26.4. The molecule has 2 aliphatic rings. The Morgan fingerprint density at radius 3 is 2.50 bits per heavy atom. The highest BCUT2D eigenvalue weighted by molar-refractivity contribution is 6.03. The fourth-order valence-corrected chi connectivity index (χ4v) is 5.63. The Morgan fingerprint density at radius 2 is 1.91 bits per heavy atom. The number of likely N-dealkylation sites (tertiary alicyclic amines) is 1. The van der Waals surface area contributed by atoms with Crippen molar-refractivity contribution in [1.29, 1.82) is 0 Å². The van der Waals surface area contributed by atoms with Gasteiger partial charge in [-0.05, 0) is 70.3 Å². The molecule has 46 heavy (non-hydrogen) atoms. The van der Waals surface area contributed by atoms with Crippen molar-refractivity contribution in [3.05, 3.63) is 66.4 Å². The van der Waals surface area contributed by atoms with Crippen molar-refractivity contribution in [2.45, 2.75) is 45.1 Å². The normalized spacial score (nSPS) is 16.8. The van der Waals surface area contributed by atoms with Gasteiger partial charge in [0.05, 0.1) is 42.0 Å². The third-order valence-corrected chi connectivity index (χ3v) is 8.21. The largest absolute Gasteiger partial charge is 0.494 e. The molecule has 2 aliphatic heterocycles. The number of hydrogen-bond acceptors (Lipinski definition) is 8. The lowest BCUT2D eigenvalue weighted by Crippen LogP contribution is -2.48. The first-order chi connectivity index (χ1) is 21.8. The Bertz CT molecular complexity index is 1630. The number of benzene rings is 2. The van der Waals surface area contributed by atoms with Crippen molar-refractivity contribution >= 4 is 46.5 Å². The molecule has 244 valence electrons. The van der Waals surface area contributed by atoms with E-state index in [4.69, 9.17) is 4.74 Å². The highest BCUT2D eigenvalue weighted by Crippen LogP contribution is 2.41. The van der Waals surface area contributed by atoms with Crippen LogP contribution in [-0.4, -0.2) is 78.1 Å². The maximum atomic E-state index is 13.7. The topological polar surface area (TPSA) is 106 Å². The van der Waals surface area contributed by atoms with Crippen LogP contribution in [0.4, 0.5) is 52.5 Å². The average Bonchev–Trinajstić information content (AvgIpc) is 3.46. The molecule has 3 aromatic rings. The van der Waals surface area contributed by atoms with Gasteiger partial charge in [-0.25, -0.2) is 14.7 Å². The molecule has 5 rings (SSSR count). The number of likely N-dealkylation sites (N-methyl/N-ethyl adjacent to an activating group) is 2. The monoisotopic (exact) mass is 638 g/mol. The smallest absolute Gasteiger partial charge is 0.416 e. The van der Waals surface area contributed by atoms with Crippen LogP contribution in [0.3, 0.4) is 0 Å². The molecule has 3 heterocycles. The number of halogens is 3. The molecule has 1 aromatic heterocycles. The second-order valence-electron chi connectivity index (χ2n) is 11.6. The van der Waals surface area contributed by atoms with Crippen LogP contribution in [-0.2, 0) is 17.5 Å². The van der Waals surface area contributed by atoms with E-state index in [9.17, 15) is 22.8 Å². The van der Waals surface area contributed by atoms with Crippen LogP contribution in [0.2, 0.25) is 0 Å². The average molecular weight is 639 g/mol. The summed E-state index contributed by atoms with van der Waals surface area (Å²) in [6.45, 7) is 9.32. The molecule has 0 spiro atoms. The predicted octanol–water partition coefficient (Wildman–Crippen LogP) is 5.99. The van der Waals surface area contributed by atoms with E-state index in [1.165, 1.54) is 30.2 Å². The lowest BCUT2D eigenvalue weighted by atomic mass is 10.1. The number of alkyl halides is 3. The van der Waals surface area contributed by atoms with Gasteiger partial charge in [0.2, 0.25) is 11.9 Å². The number of urea groups is 1. The first-order valence-electron chi connectivity index (χ1n) is 14.8. The fraction of sp³-hybridized carbons (Fsp3) is 0.375. The Balaban J connectivity index is 1.54. The summed E-state index contributed by atoms with van der Waals surface area (Å²) < 4.78 is 45.6. The zero-order valence-corrected chi connectivity index (χ0v) is 26.4. The van der Waals surface area contributed by atoms with Crippen molar-refractivity contribution in [2.75, 3.05) is 54.7 Å². The van der Waals surface area contributed by atoms with Crippen molar-refractivity contribution in [3.8, 4) is 5.75 Å². The van der Waals surface area contributed by atoms with Crippen molar-refractivity contribution < 1.29 is 27.5 Å². The molecule has 0 aliphatic carbocycles. The summed E-state index contributed by atoms with van der Waals surface area (Å²) in [5.74, 6) is 0.409. The molecule has 11 nitrogen and oxygen atoms in total. The summed E-state index contributed by atoms with van der Waals surface area (Å²) in [6.07, 6.45) is -0.804. The predicted molar refractivity (Wildman–Crippen MR) is 171 cm³/mol.